The van der Waals surface area contributed by atoms with E-state index >= 15 is 0 Å². The van der Waals surface area contributed by atoms with Crippen LogP contribution in [0.4, 0.5) is 0 Å². The Morgan fingerprint density at radius 3 is 2.41 bits per heavy atom. The van der Waals surface area contributed by atoms with Crippen LogP contribution in [0, 0.1) is 0 Å². The molecule has 0 bridgehead atoms. The van der Waals surface area contributed by atoms with Gasteiger partial charge < -0.3 is 9.84 Å². The normalized spacial score (nSPS) is 11.6. The van der Waals surface area contributed by atoms with E-state index in [0.29, 0.717) is 19.4 Å². The van der Waals surface area contributed by atoms with E-state index in [9.17, 15) is 5.11 Å². The van der Waals surface area contributed by atoms with Gasteiger partial charge in [0.1, 0.15) is 12.4 Å². The fourth-order valence-corrected chi connectivity index (χ4v) is 1.83. The molecule has 0 unspecified atom stereocenters. The molecule has 0 atom stereocenters. The summed E-state index contributed by atoms with van der Waals surface area (Å²) in [5.74, 6) is 0.770. The van der Waals surface area contributed by atoms with Gasteiger partial charge in [-0.3, -0.25) is 0 Å². The summed E-state index contributed by atoms with van der Waals surface area (Å²) in [6.45, 7) is 6.31. The molecule has 1 aromatic rings. The highest BCUT2D eigenvalue weighted by Crippen LogP contribution is 2.24. The highest BCUT2D eigenvalue weighted by Gasteiger charge is 2.23. The lowest BCUT2D eigenvalue weighted by molar-refractivity contribution is -0.0113. The second-order valence-electron chi connectivity index (χ2n) is 4.33. The lowest BCUT2D eigenvalue weighted by atomic mass is 9.99. The Morgan fingerprint density at radius 2 is 1.88 bits per heavy atom. The third-order valence-electron chi connectivity index (χ3n) is 3.22. The van der Waals surface area contributed by atoms with Crippen molar-refractivity contribution in [3.8, 4) is 5.75 Å². The van der Waals surface area contributed by atoms with Crippen molar-refractivity contribution < 1.29 is 9.84 Å². The third-order valence-corrected chi connectivity index (χ3v) is 3.59. The van der Waals surface area contributed by atoms with Crippen LogP contribution in [0.2, 0.25) is 5.02 Å². The number of aliphatic hydroxyl groups is 1. The maximum absolute atomic E-state index is 10.1. The molecule has 17 heavy (non-hydrogen) atoms. The summed E-state index contributed by atoms with van der Waals surface area (Å²) in [4.78, 5) is 0. The molecule has 0 saturated carbocycles. The van der Waals surface area contributed by atoms with Gasteiger partial charge in [-0.1, -0.05) is 32.4 Å². The Balaban J connectivity index is 2.69. The van der Waals surface area contributed by atoms with Crippen LogP contribution in [-0.4, -0.2) is 17.3 Å². The summed E-state index contributed by atoms with van der Waals surface area (Å²) in [5, 5.41) is 10.9. The molecule has 2 nitrogen and oxygen atoms in total. The molecule has 1 N–H and O–H groups in total. The minimum Gasteiger partial charge on any atom is -0.491 e. The van der Waals surface area contributed by atoms with Crippen molar-refractivity contribution in [1.29, 1.82) is 0 Å². The molecule has 96 valence electrons. The molecule has 0 radical (unpaired) electrons. The van der Waals surface area contributed by atoms with E-state index in [0.717, 1.165) is 22.8 Å². The fourth-order valence-electron chi connectivity index (χ4n) is 1.58. The van der Waals surface area contributed by atoms with Gasteiger partial charge in [-0.15, -0.1) is 0 Å². The number of halogens is 1. The maximum atomic E-state index is 10.1. The molecule has 0 aliphatic heterocycles. The first-order valence-electron chi connectivity index (χ1n) is 6.18. The van der Waals surface area contributed by atoms with Crippen molar-refractivity contribution in [3.05, 3.63) is 28.8 Å². The quantitative estimate of drug-likeness (QED) is 0.838. The van der Waals surface area contributed by atoms with Crippen LogP contribution >= 0.6 is 11.6 Å². The van der Waals surface area contributed by atoms with Crippen molar-refractivity contribution in [2.24, 2.45) is 0 Å². The van der Waals surface area contributed by atoms with Crippen molar-refractivity contribution >= 4 is 11.6 Å². The van der Waals surface area contributed by atoms with Crippen LogP contribution in [-0.2, 0) is 6.42 Å². The van der Waals surface area contributed by atoms with Gasteiger partial charge in [0.05, 0.1) is 5.60 Å². The zero-order valence-electron chi connectivity index (χ0n) is 10.8. The van der Waals surface area contributed by atoms with E-state index in [-0.39, 0.29) is 0 Å². The summed E-state index contributed by atoms with van der Waals surface area (Å²) >= 11 is 6.04. The summed E-state index contributed by atoms with van der Waals surface area (Å²) in [5.41, 5.74) is 0.340. The number of benzene rings is 1. The number of rotatable bonds is 6. The summed E-state index contributed by atoms with van der Waals surface area (Å²) in [6.07, 6.45) is 2.26. The SMILES string of the molecule is CCc1cc(OCC(O)(CC)CC)ccc1Cl. The van der Waals surface area contributed by atoms with Gasteiger partial charge in [-0.05, 0) is 43.0 Å². The topological polar surface area (TPSA) is 29.5 Å². The summed E-state index contributed by atoms with van der Waals surface area (Å²) < 4.78 is 5.64. The molecule has 0 aliphatic carbocycles. The largest absolute Gasteiger partial charge is 0.491 e. The lowest BCUT2D eigenvalue weighted by Gasteiger charge is -2.25. The van der Waals surface area contributed by atoms with E-state index < -0.39 is 5.60 Å². The van der Waals surface area contributed by atoms with Crippen molar-refractivity contribution in [3.63, 3.8) is 0 Å². The van der Waals surface area contributed by atoms with Crippen LogP contribution < -0.4 is 4.74 Å². The fraction of sp³-hybridized carbons (Fsp3) is 0.571. The molecule has 0 fully saturated rings. The predicted molar refractivity (Wildman–Crippen MR) is 71.9 cm³/mol. The summed E-state index contributed by atoms with van der Waals surface area (Å²) in [7, 11) is 0. The van der Waals surface area contributed by atoms with Crippen LogP contribution in [0.15, 0.2) is 18.2 Å². The number of hydrogen-bond donors (Lipinski definition) is 1. The summed E-state index contributed by atoms with van der Waals surface area (Å²) in [6, 6.07) is 5.62. The monoisotopic (exact) mass is 256 g/mol. The van der Waals surface area contributed by atoms with Gasteiger partial charge >= 0.3 is 0 Å². The average molecular weight is 257 g/mol. The molecule has 0 heterocycles. The highest BCUT2D eigenvalue weighted by molar-refractivity contribution is 6.31. The van der Waals surface area contributed by atoms with E-state index in [1.807, 2.05) is 32.0 Å². The highest BCUT2D eigenvalue weighted by atomic mass is 35.5. The Bertz CT molecular complexity index is 359. The van der Waals surface area contributed by atoms with Crippen LogP contribution in [0.3, 0.4) is 0 Å². The zero-order valence-corrected chi connectivity index (χ0v) is 11.5. The Kier molecular flexibility index (Phi) is 5.29. The molecule has 3 heteroatoms. The molecule has 0 saturated heterocycles. The standard InChI is InChI=1S/C14H21ClO2/c1-4-11-9-12(7-8-13(11)15)17-10-14(16,5-2)6-3/h7-9,16H,4-6,10H2,1-3H3. The second-order valence-corrected chi connectivity index (χ2v) is 4.73. The van der Waals surface area contributed by atoms with Crippen molar-refractivity contribution in [2.45, 2.75) is 45.6 Å². The molecule has 0 amide bonds. The Morgan fingerprint density at radius 1 is 1.24 bits per heavy atom. The van der Waals surface area contributed by atoms with Crippen LogP contribution in [0.5, 0.6) is 5.75 Å². The first-order chi connectivity index (χ1) is 8.04. The molecular formula is C14H21ClO2. The van der Waals surface area contributed by atoms with Gasteiger partial charge in [0.25, 0.3) is 0 Å². The van der Waals surface area contributed by atoms with Gasteiger partial charge in [0, 0.05) is 5.02 Å². The second kappa shape index (κ2) is 6.27. The van der Waals surface area contributed by atoms with Gasteiger partial charge in [-0.25, -0.2) is 0 Å². The first-order valence-corrected chi connectivity index (χ1v) is 6.56. The smallest absolute Gasteiger partial charge is 0.119 e. The Labute approximate surface area is 109 Å². The van der Waals surface area contributed by atoms with Crippen LogP contribution in [0.25, 0.3) is 0 Å². The number of ether oxygens (including phenoxy) is 1. The van der Waals surface area contributed by atoms with Gasteiger partial charge in [0.15, 0.2) is 0 Å². The molecule has 0 aromatic heterocycles. The molecule has 0 aliphatic rings. The number of hydrogen-bond acceptors (Lipinski definition) is 2. The zero-order chi connectivity index (χ0) is 12.9. The minimum absolute atomic E-state index is 0.324. The Hall–Kier alpha value is -0.730. The van der Waals surface area contributed by atoms with E-state index in [1.54, 1.807) is 0 Å². The molecule has 0 spiro atoms. The molecular weight excluding hydrogens is 236 g/mol. The van der Waals surface area contributed by atoms with Gasteiger partial charge in [0.2, 0.25) is 0 Å². The van der Waals surface area contributed by atoms with Gasteiger partial charge in [-0.2, -0.15) is 0 Å². The third kappa shape index (κ3) is 3.90. The minimum atomic E-state index is -0.730. The van der Waals surface area contributed by atoms with E-state index in [2.05, 4.69) is 6.92 Å². The lowest BCUT2D eigenvalue weighted by Crippen LogP contribution is -2.34. The van der Waals surface area contributed by atoms with Crippen molar-refractivity contribution in [2.75, 3.05) is 6.61 Å². The predicted octanol–water partition coefficient (Wildman–Crippen LogP) is 3.83. The first kappa shape index (κ1) is 14.3. The number of aryl methyl sites for hydroxylation is 1. The van der Waals surface area contributed by atoms with Crippen molar-refractivity contribution in [1.82, 2.24) is 0 Å². The molecule has 1 aromatic carbocycles. The maximum Gasteiger partial charge on any atom is 0.119 e. The van der Waals surface area contributed by atoms with E-state index in [4.69, 9.17) is 16.3 Å². The van der Waals surface area contributed by atoms with E-state index in [1.165, 1.54) is 0 Å². The molecule has 1 rings (SSSR count). The van der Waals surface area contributed by atoms with Crippen LogP contribution in [0.1, 0.15) is 39.2 Å². The average Bonchev–Trinajstić information content (AvgIpc) is 2.37.